The molecule has 5 rings (SSSR count). The highest BCUT2D eigenvalue weighted by Gasteiger charge is 2.46. The fourth-order valence-corrected chi connectivity index (χ4v) is 4.48. The van der Waals surface area contributed by atoms with Crippen molar-refractivity contribution < 1.29 is 14.7 Å². The summed E-state index contributed by atoms with van der Waals surface area (Å²) < 4.78 is 1.54. The van der Waals surface area contributed by atoms with Gasteiger partial charge in [-0.05, 0) is 57.1 Å². The zero-order valence-electron chi connectivity index (χ0n) is 17.1. The number of pyridine rings is 1. The lowest BCUT2D eigenvalue weighted by Crippen LogP contribution is -2.50. The zero-order chi connectivity index (χ0) is 21.8. The van der Waals surface area contributed by atoms with Crippen molar-refractivity contribution in [3.05, 3.63) is 40.1 Å². The van der Waals surface area contributed by atoms with Crippen molar-refractivity contribution in [2.24, 2.45) is 5.92 Å². The molecule has 4 N–H and O–H groups in total. The van der Waals surface area contributed by atoms with Gasteiger partial charge in [0, 0.05) is 12.0 Å². The van der Waals surface area contributed by atoms with Crippen LogP contribution in [0.5, 0.6) is 0 Å². The number of carbonyl (C=O) groups is 2. The van der Waals surface area contributed by atoms with E-state index >= 15 is 0 Å². The summed E-state index contributed by atoms with van der Waals surface area (Å²) in [6.45, 7) is 1.79. The van der Waals surface area contributed by atoms with E-state index in [-0.39, 0.29) is 29.0 Å². The number of anilines is 3. The first-order chi connectivity index (χ1) is 14.9. The molecule has 2 aromatic rings. The highest BCUT2D eigenvalue weighted by molar-refractivity contribution is 5.97. The second kappa shape index (κ2) is 7.16. The number of aryl methyl sites for hydroxylation is 1. The van der Waals surface area contributed by atoms with Crippen LogP contribution in [0.25, 0.3) is 0 Å². The van der Waals surface area contributed by atoms with Gasteiger partial charge in [0.05, 0.1) is 6.10 Å². The molecule has 162 valence electrons. The Kier molecular flexibility index (Phi) is 4.54. The molecule has 0 saturated heterocycles. The molecule has 3 aliphatic rings. The van der Waals surface area contributed by atoms with Crippen molar-refractivity contribution in [3.63, 3.8) is 0 Å². The van der Waals surface area contributed by atoms with Gasteiger partial charge in [-0.1, -0.05) is 0 Å². The first-order valence-corrected chi connectivity index (χ1v) is 10.5. The molecule has 3 heterocycles. The smallest absolute Gasteiger partial charge is 0.276 e. The van der Waals surface area contributed by atoms with E-state index in [9.17, 15) is 19.5 Å². The number of aromatic nitrogens is 3. The molecule has 2 aromatic heterocycles. The van der Waals surface area contributed by atoms with Gasteiger partial charge < -0.3 is 21.1 Å². The van der Waals surface area contributed by atoms with Crippen LogP contribution >= 0.6 is 0 Å². The number of rotatable bonds is 4. The molecule has 2 fully saturated rings. The monoisotopic (exact) mass is 424 g/mol. The molecular formula is C21H24N6O4. The second-order valence-corrected chi connectivity index (χ2v) is 8.62. The van der Waals surface area contributed by atoms with Crippen LogP contribution < -0.4 is 21.5 Å². The van der Waals surface area contributed by atoms with Crippen LogP contribution in [-0.2, 0) is 10.5 Å². The van der Waals surface area contributed by atoms with Crippen LogP contribution in [-0.4, -0.2) is 37.6 Å². The summed E-state index contributed by atoms with van der Waals surface area (Å²) in [6.07, 6.45) is 4.67. The molecular weight excluding hydrogens is 400 g/mol. The van der Waals surface area contributed by atoms with Crippen LogP contribution in [0.3, 0.4) is 0 Å². The highest BCUT2D eigenvalue weighted by Crippen LogP contribution is 2.37. The summed E-state index contributed by atoms with van der Waals surface area (Å²) in [4.78, 5) is 46.3. The van der Waals surface area contributed by atoms with Gasteiger partial charge >= 0.3 is 0 Å². The Morgan fingerprint density at radius 3 is 2.58 bits per heavy atom. The molecule has 2 aliphatic carbocycles. The summed E-state index contributed by atoms with van der Waals surface area (Å²) in [6, 6.07) is 3.21. The standard InChI is InChI=1S/C21H24N6O4/c1-11-8-14(24-15-9-16(23-10-22-15)25-18(29)12-2-3-12)20(31)27-17(11)19(30)26-21(27)6-4-13(28)5-7-21/h8-10,12-13,28H,2-7H2,1H3,(H,26,30)(H2,22,23,24,25,29). The molecule has 0 unspecified atom stereocenters. The minimum Gasteiger partial charge on any atom is -0.393 e. The number of nitrogens with one attached hydrogen (secondary N) is 3. The average molecular weight is 424 g/mol. The van der Waals surface area contributed by atoms with E-state index in [2.05, 4.69) is 25.9 Å². The van der Waals surface area contributed by atoms with Crippen molar-refractivity contribution in [3.8, 4) is 0 Å². The van der Waals surface area contributed by atoms with Crippen molar-refractivity contribution in [2.45, 2.75) is 57.2 Å². The molecule has 10 heteroatoms. The predicted molar refractivity (Wildman–Crippen MR) is 112 cm³/mol. The van der Waals surface area contributed by atoms with Gasteiger partial charge in [-0.25, -0.2) is 9.97 Å². The fourth-order valence-electron chi connectivity index (χ4n) is 4.48. The van der Waals surface area contributed by atoms with E-state index in [0.29, 0.717) is 48.6 Å². The summed E-state index contributed by atoms with van der Waals surface area (Å²) >= 11 is 0. The van der Waals surface area contributed by atoms with E-state index in [1.54, 1.807) is 19.1 Å². The topological polar surface area (TPSA) is 138 Å². The molecule has 1 spiro atoms. The van der Waals surface area contributed by atoms with E-state index < -0.39 is 11.8 Å². The summed E-state index contributed by atoms with van der Waals surface area (Å²) in [5.41, 5.74) is 0.144. The van der Waals surface area contributed by atoms with E-state index in [1.165, 1.54) is 10.9 Å². The van der Waals surface area contributed by atoms with E-state index in [1.807, 2.05) is 0 Å². The van der Waals surface area contributed by atoms with Gasteiger partial charge in [0.1, 0.15) is 35.0 Å². The molecule has 31 heavy (non-hydrogen) atoms. The lowest BCUT2D eigenvalue weighted by Gasteiger charge is -2.37. The Hall–Kier alpha value is -3.27. The first kappa shape index (κ1) is 19.7. The highest BCUT2D eigenvalue weighted by atomic mass is 16.3. The molecule has 2 saturated carbocycles. The number of nitrogens with zero attached hydrogens (tertiary/aromatic N) is 3. The fraction of sp³-hybridized carbons (Fsp3) is 0.476. The SMILES string of the molecule is Cc1cc(Nc2cc(NC(=O)C3CC3)ncn2)c(=O)n2c1C(=O)NC21CCC(O)CC1. The lowest BCUT2D eigenvalue weighted by atomic mass is 9.87. The number of aliphatic hydroxyl groups excluding tert-OH is 1. The number of hydrogen-bond acceptors (Lipinski definition) is 7. The van der Waals surface area contributed by atoms with Crippen LogP contribution in [0, 0.1) is 12.8 Å². The third kappa shape index (κ3) is 3.46. The molecule has 1 aliphatic heterocycles. The molecule has 0 atom stereocenters. The van der Waals surface area contributed by atoms with Crippen molar-refractivity contribution in [2.75, 3.05) is 10.6 Å². The summed E-state index contributed by atoms with van der Waals surface area (Å²) in [5.74, 6) is 0.435. The quantitative estimate of drug-likeness (QED) is 0.581. The maximum atomic E-state index is 13.4. The van der Waals surface area contributed by atoms with Crippen molar-refractivity contribution in [1.29, 1.82) is 0 Å². The number of fused-ring (bicyclic) bond motifs is 2. The summed E-state index contributed by atoms with van der Waals surface area (Å²) in [5, 5.41) is 18.7. The third-order valence-electron chi connectivity index (χ3n) is 6.29. The number of aliphatic hydroxyl groups is 1. The van der Waals surface area contributed by atoms with Gasteiger partial charge in [0.15, 0.2) is 0 Å². The largest absolute Gasteiger partial charge is 0.393 e. The van der Waals surface area contributed by atoms with Crippen LogP contribution in [0.4, 0.5) is 17.3 Å². The minimum absolute atomic E-state index is 0.0469. The predicted octanol–water partition coefficient (Wildman–Crippen LogP) is 1.37. The van der Waals surface area contributed by atoms with Gasteiger partial charge in [0.2, 0.25) is 5.91 Å². The van der Waals surface area contributed by atoms with Crippen LogP contribution in [0.2, 0.25) is 0 Å². The van der Waals surface area contributed by atoms with Crippen LogP contribution in [0.1, 0.15) is 54.6 Å². The Balaban J connectivity index is 1.48. The zero-order valence-corrected chi connectivity index (χ0v) is 17.1. The van der Waals surface area contributed by atoms with E-state index in [0.717, 1.165) is 12.8 Å². The Labute approximate surface area is 178 Å². The van der Waals surface area contributed by atoms with Gasteiger partial charge in [-0.2, -0.15) is 0 Å². The number of carbonyl (C=O) groups excluding carboxylic acids is 2. The third-order valence-corrected chi connectivity index (χ3v) is 6.29. The van der Waals surface area contributed by atoms with Crippen molar-refractivity contribution >= 4 is 29.1 Å². The lowest BCUT2D eigenvalue weighted by molar-refractivity contribution is -0.117. The summed E-state index contributed by atoms with van der Waals surface area (Å²) in [7, 11) is 0. The molecule has 0 aromatic carbocycles. The van der Waals surface area contributed by atoms with Gasteiger partial charge in [0.25, 0.3) is 11.5 Å². The van der Waals surface area contributed by atoms with E-state index in [4.69, 9.17) is 0 Å². The Bertz CT molecular complexity index is 1130. The first-order valence-electron chi connectivity index (χ1n) is 10.5. The molecule has 2 amide bonds. The second-order valence-electron chi connectivity index (χ2n) is 8.62. The minimum atomic E-state index is -0.819. The van der Waals surface area contributed by atoms with Crippen molar-refractivity contribution in [1.82, 2.24) is 19.9 Å². The maximum absolute atomic E-state index is 13.4. The average Bonchev–Trinajstić information content (AvgIpc) is 3.54. The van der Waals surface area contributed by atoms with Crippen LogP contribution in [0.15, 0.2) is 23.3 Å². The Morgan fingerprint density at radius 2 is 1.87 bits per heavy atom. The maximum Gasteiger partial charge on any atom is 0.276 e. The molecule has 0 bridgehead atoms. The Morgan fingerprint density at radius 1 is 1.16 bits per heavy atom. The van der Waals surface area contributed by atoms with Gasteiger partial charge in [-0.15, -0.1) is 0 Å². The number of amides is 2. The molecule has 0 radical (unpaired) electrons. The normalized spacial score (nSPS) is 24.6. The number of hydrogen-bond donors (Lipinski definition) is 4. The van der Waals surface area contributed by atoms with Gasteiger partial charge in [-0.3, -0.25) is 19.0 Å². The molecule has 10 nitrogen and oxygen atoms in total.